The van der Waals surface area contributed by atoms with Crippen molar-refractivity contribution in [2.24, 2.45) is 0 Å². The lowest BCUT2D eigenvalue weighted by molar-refractivity contribution is -0.140. The number of sulfonamides is 1. The van der Waals surface area contributed by atoms with Crippen LogP contribution in [0.1, 0.15) is 45.6 Å². The number of hydrogen-bond donors (Lipinski definition) is 1. The summed E-state index contributed by atoms with van der Waals surface area (Å²) in [5.41, 5.74) is 1.40. The Morgan fingerprint density at radius 2 is 1.65 bits per heavy atom. The van der Waals surface area contributed by atoms with E-state index in [1.807, 2.05) is 32.0 Å². The maximum Gasteiger partial charge on any atom is 0.242 e. The molecule has 1 N–H and O–H groups in total. The van der Waals surface area contributed by atoms with E-state index in [1.165, 1.54) is 9.21 Å². The molecule has 0 spiro atoms. The fraction of sp³-hybridized carbons (Fsp3) is 0.440. The van der Waals surface area contributed by atoms with Gasteiger partial charge in [-0.05, 0) is 56.5 Å². The Balaban J connectivity index is 2.14. The largest absolute Gasteiger partial charge is 0.352 e. The number of carbonyl (C=O) groups is 2. The first-order chi connectivity index (χ1) is 16.0. The molecule has 2 atom stereocenters. The average Bonchev–Trinajstić information content (AvgIpc) is 2.80. The van der Waals surface area contributed by atoms with Crippen molar-refractivity contribution in [2.45, 2.75) is 58.7 Å². The number of hydrogen-bond acceptors (Lipinski definition) is 4. The Hall–Kier alpha value is -2.58. The Bertz CT molecular complexity index is 1050. The highest BCUT2D eigenvalue weighted by atomic mass is 35.5. The van der Waals surface area contributed by atoms with E-state index in [9.17, 15) is 18.0 Å². The van der Waals surface area contributed by atoms with Gasteiger partial charge in [0.2, 0.25) is 21.8 Å². The molecule has 186 valence electrons. The molecule has 34 heavy (non-hydrogen) atoms. The van der Waals surface area contributed by atoms with Gasteiger partial charge < -0.3 is 10.2 Å². The van der Waals surface area contributed by atoms with Gasteiger partial charge in [0.15, 0.2) is 0 Å². The molecule has 0 saturated heterocycles. The lowest BCUT2D eigenvalue weighted by atomic mass is 10.1. The smallest absolute Gasteiger partial charge is 0.242 e. The van der Waals surface area contributed by atoms with E-state index in [1.54, 1.807) is 43.3 Å². The van der Waals surface area contributed by atoms with Crippen LogP contribution in [0.25, 0.3) is 0 Å². The van der Waals surface area contributed by atoms with Crippen molar-refractivity contribution in [1.82, 2.24) is 10.2 Å². The molecule has 2 amide bonds. The Kier molecular flexibility index (Phi) is 10.4. The summed E-state index contributed by atoms with van der Waals surface area (Å²) in [5.74, 6) is -0.443. The van der Waals surface area contributed by atoms with Crippen molar-refractivity contribution in [3.05, 3.63) is 65.2 Å². The first kappa shape index (κ1) is 27.7. The summed E-state index contributed by atoms with van der Waals surface area (Å²) in [6.45, 7) is 6.01. The zero-order valence-electron chi connectivity index (χ0n) is 20.2. The Morgan fingerprint density at radius 1 is 1.03 bits per heavy atom. The lowest BCUT2D eigenvalue weighted by Crippen LogP contribution is -2.49. The standard InChI is InChI=1S/C25H34ClN3O4S/c1-5-19(2)27-25(31)20(3)28(18-21-13-15-22(26)16-14-21)24(30)12-9-17-29(34(4,32)33)23-10-7-6-8-11-23/h6-8,10-11,13-16,19-20H,5,9,12,17-18H2,1-4H3,(H,27,31)/t19-,20-/m1/s1. The molecule has 9 heteroatoms. The van der Waals surface area contributed by atoms with Crippen LogP contribution in [-0.4, -0.2) is 50.0 Å². The van der Waals surface area contributed by atoms with Crippen LogP contribution in [0, 0.1) is 0 Å². The molecule has 0 radical (unpaired) electrons. The molecule has 0 bridgehead atoms. The van der Waals surface area contributed by atoms with Gasteiger partial charge in [0, 0.05) is 30.6 Å². The number of para-hydroxylation sites is 1. The molecular formula is C25H34ClN3O4S. The normalized spacial score (nSPS) is 13.1. The number of benzene rings is 2. The zero-order chi connectivity index (χ0) is 25.3. The quantitative estimate of drug-likeness (QED) is 0.466. The molecule has 0 aliphatic rings. The van der Waals surface area contributed by atoms with Gasteiger partial charge in [-0.3, -0.25) is 13.9 Å². The first-order valence-electron chi connectivity index (χ1n) is 11.4. The summed E-state index contributed by atoms with van der Waals surface area (Å²) in [4.78, 5) is 27.6. The number of nitrogens with zero attached hydrogens (tertiary/aromatic N) is 2. The minimum atomic E-state index is -3.50. The SMILES string of the molecule is CC[C@@H](C)NC(=O)[C@@H](C)N(Cc1ccc(Cl)cc1)C(=O)CCCN(c1ccccc1)S(C)(=O)=O. The number of anilines is 1. The zero-order valence-corrected chi connectivity index (χ0v) is 21.8. The van der Waals surface area contributed by atoms with Crippen LogP contribution in [0.2, 0.25) is 5.02 Å². The number of halogens is 1. The fourth-order valence-electron chi connectivity index (χ4n) is 3.43. The average molecular weight is 508 g/mol. The number of carbonyl (C=O) groups excluding carboxylic acids is 2. The third-order valence-electron chi connectivity index (χ3n) is 5.63. The minimum Gasteiger partial charge on any atom is -0.352 e. The molecular weight excluding hydrogens is 474 g/mol. The van der Waals surface area contributed by atoms with E-state index >= 15 is 0 Å². The van der Waals surface area contributed by atoms with Crippen LogP contribution in [0.4, 0.5) is 5.69 Å². The molecule has 0 heterocycles. The molecule has 7 nitrogen and oxygen atoms in total. The van der Waals surface area contributed by atoms with Crippen molar-refractivity contribution in [3.8, 4) is 0 Å². The van der Waals surface area contributed by atoms with Gasteiger partial charge in [0.05, 0.1) is 11.9 Å². The molecule has 0 aliphatic heterocycles. The van der Waals surface area contributed by atoms with Crippen molar-refractivity contribution < 1.29 is 18.0 Å². The number of nitrogens with one attached hydrogen (secondary N) is 1. The van der Waals surface area contributed by atoms with Crippen molar-refractivity contribution in [1.29, 1.82) is 0 Å². The molecule has 0 aromatic heterocycles. The Morgan fingerprint density at radius 3 is 2.21 bits per heavy atom. The van der Waals surface area contributed by atoms with E-state index in [-0.39, 0.29) is 37.4 Å². The van der Waals surface area contributed by atoms with Gasteiger partial charge >= 0.3 is 0 Å². The van der Waals surface area contributed by atoms with E-state index < -0.39 is 16.1 Å². The maximum atomic E-state index is 13.2. The molecule has 0 unspecified atom stereocenters. The first-order valence-corrected chi connectivity index (χ1v) is 13.6. The monoisotopic (exact) mass is 507 g/mol. The third-order valence-corrected chi connectivity index (χ3v) is 7.08. The van der Waals surface area contributed by atoms with E-state index in [0.29, 0.717) is 17.1 Å². The van der Waals surface area contributed by atoms with Crippen LogP contribution >= 0.6 is 11.6 Å². The van der Waals surface area contributed by atoms with Crippen LogP contribution in [0.3, 0.4) is 0 Å². The van der Waals surface area contributed by atoms with E-state index in [0.717, 1.165) is 18.2 Å². The van der Waals surface area contributed by atoms with Crippen LogP contribution in [-0.2, 0) is 26.2 Å². The second-order valence-corrected chi connectivity index (χ2v) is 10.8. The predicted molar refractivity (Wildman–Crippen MR) is 137 cm³/mol. The van der Waals surface area contributed by atoms with Gasteiger partial charge in [-0.25, -0.2) is 8.42 Å². The van der Waals surface area contributed by atoms with E-state index in [4.69, 9.17) is 11.6 Å². The lowest BCUT2D eigenvalue weighted by Gasteiger charge is -2.30. The molecule has 0 fully saturated rings. The van der Waals surface area contributed by atoms with Gasteiger partial charge in [-0.2, -0.15) is 0 Å². The molecule has 2 aromatic rings. The van der Waals surface area contributed by atoms with Crippen molar-refractivity contribution in [3.63, 3.8) is 0 Å². The molecule has 0 aliphatic carbocycles. The van der Waals surface area contributed by atoms with Crippen molar-refractivity contribution in [2.75, 3.05) is 17.1 Å². The van der Waals surface area contributed by atoms with Gasteiger partial charge in [0.25, 0.3) is 0 Å². The minimum absolute atomic E-state index is 0.00312. The number of rotatable bonds is 12. The van der Waals surface area contributed by atoms with Crippen LogP contribution < -0.4 is 9.62 Å². The third kappa shape index (κ3) is 8.33. The molecule has 2 rings (SSSR count). The van der Waals surface area contributed by atoms with Crippen LogP contribution in [0.5, 0.6) is 0 Å². The fourth-order valence-corrected chi connectivity index (χ4v) is 4.52. The van der Waals surface area contributed by atoms with E-state index in [2.05, 4.69) is 5.32 Å². The number of amides is 2. The second kappa shape index (κ2) is 12.8. The van der Waals surface area contributed by atoms with Gasteiger partial charge in [-0.1, -0.05) is 48.9 Å². The van der Waals surface area contributed by atoms with Crippen LogP contribution in [0.15, 0.2) is 54.6 Å². The summed E-state index contributed by atoms with van der Waals surface area (Å²) in [6, 6.07) is 15.2. The Labute approximate surface area is 208 Å². The van der Waals surface area contributed by atoms with Gasteiger partial charge in [0.1, 0.15) is 6.04 Å². The van der Waals surface area contributed by atoms with Gasteiger partial charge in [-0.15, -0.1) is 0 Å². The summed E-state index contributed by atoms with van der Waals surface area (Å²) >= 11 is 5.98. The summed E-state index contributed by atoms with van der Waals surface area (Å²) < 4.78 is 25.9. The summed E-state index contributed by atoms with van der Waals surface area (Å²) in [6.07, 6.45) is 2.35. The second-order valence-electron chi connectivity index (χ2n) is 8.42. The molecule has 2 aromatic carbocycles. The highest BCUT2D eigenvalue weighted by molar-refractivity contribution is 7.92. The highest BCUT2D eigenvalue weighted by Crippen LogP contribution is 2.19. The topological polar surface area (TPSA) is 86.8 Å². The predicted octanol–water partition coefficient (Wildman–Crippen LogP) is 4.22. The molecule has 0 saturated carbocycles. The maximum absolute atomic E-state index is 13.2. The highest BCUT2D eigenvalue weighted by Gasteiger charge is 2.27. The summed E-state index contributed by atoms with van der Waals surface area (Å²) in [5, 5.41) is 3.52. The summed E-state index contributed by atoms with van der Waals surface area (Å²) in [7, 11) is -3.50. The van der Waals surface area contributed by atoms with Crippen molar-refractivity contribution >= 4 is 39.1 Å².